The molecule has 1 N–H and O–H groups in total. The van der Waals surface area contributed by atoms with Crippen LogP contribution >= 0.6 is 0 Å². The van der Waals surface area contributed by atoms with Gasteiger partial charge in [-0.2, -0.15) is 0 Å². The highest BCUT2D eigenvalue weighted by Crippen LogP contribution is 2.33. The fourth-order valence-corrected chi connectivity index (χ4v) is 2.88. The van der Waals surface area contributed by atoms with Gasteiger partial charge in [-0.15, -0.1) is 0 Å². The van der Waals surface area contributed by atoms with Crippen LogP contribution in [0.4, 0.5) is 5.69 Å². The molecule has 26 heavy (non-hydrogen) atoms. The van der Waals surface area contributed by atoms with Gasteiger partial charge in [0.05, 0.1) is 19.3 Å². The zero-order valence-corrected chi connectivity index (χ0v) is 14.9. The van der Waals surface area contributed by atoms with E-state index in [0.717, 1.165) is 28.1 Å². The Kier molecular flexibility index (Phi) is 5.39. The van der Waals surface area contributed by atoms with Gasteiger partial charge in [0.1, 0.15) is 5.75 Å². The van der Waals surface area contributed by atoms with Crippen molar-refractivity contribution in [3.8, 4) is 16.9 Å². The third-order valence-corrected chi connectivity index (χ3v) is 4.27. The second-order valence-electron chi connectivity index (χ2n) is 5.97. The molecule has 0 radical (unpaired) electrons. The average molecular weight is 350 g/mol. The normalized spacial score (nSPS) is 10.6. The largest absolute Gasteiger partial charge is 0.496 e. The first kappa shape index (κ1) is 17.8. The average Bonchev–Trinajstić information content (AvgIpc) is 2.69. The monoisotopic (exact) mass is 350 g/mol. The van der Waals surface area contributed by atoms with E-state index in [1.54, 1.807) is 30.0 Å². The van der Waals surface area contributed by atoms with E-state index in [4.69, 9.17) is 4.74 Å². The van der Waals surface area contributed by atoms with Crippen LogP contribution in [0.3, 0.4) is 0 Å². The van der Waals surface area contributed by atoms with Crippen molar-refractivity contribution in [1.82, 2.24) is 4.57 Å². The highest BCUT2D eigenvalue weighted by Gasteiger charge is 2.10. The number of rotatable bonds is 6. The molecule has 2 aromatic carbocycles. The topological polar surface area (TPSA) is 54.7 Å². The first-order chi connectivity index (χ1) is 12.6. The summed E-state index contributed by atoms with van der Waals surface area (Å²) >= 11 is 0. The second kappa shape index (κ2) is 7.89. The Morgan fingerprint density at radius 3 is 2.65 bits per heavy atom. The molecule has 5 heteroatoms. The lowest BCUT2D eigenvalue weighted by molar-refractivity contribution is 0.260. The number of hydroxylamine groups is 1. The first-order valence-electron chi connectivity index (χ1n) is 8.51. The summed E-state index contributed by atoms with van der Waals surface area (Å²) in [5.74, 6) is 0.743. The Morgan fingerprint density at radius 1 is 1.08 bits per heavy atom. The van der Waals surface area contributed by atoms with Crippen LogP contribution in [-0.2, 0) is 6.54 Å². The number of ether oxygens (including phenoxy) is 1. The van der Waals surface area contributed by atoms with Crippen molar-refractivity contribution in [2.24, 2.45) is 0 Å². The van der Waals surface area contributed by atoms with E-state index >= 15 is 0 Å². The van der Waals surface area contributed by atoms with Crippen LogP contribution < -0.4 is 15.4 Å². The van der Waals surface area contributed by atoms with E-state index in [1.165, 1.54) is 5.06 Å². The minimum Gasteiger partial charge on any atom is -0.496 e. The van der Waals surface area contributed by atoms with Gasteiger partial charge in [-0.25, -0.2) is 0 Å². The van der Waals surface area contributed by atoms with Crippen LogP contribution in [0, 0.1) is 0 Å². The lowest BCUT2D eigenvalue weighted by atomic mass is 10.0. The van der Waals surface area contributed by atoms with E-state index in [1.807, 2.05) is 55.5 Å². The number of anilines is 1. The molecule has 5 nitrogen and oxygen atoms in total. The van der Waals surface area contributed by atoms with Gasteiger partial charge in [0.25, 0.3) is 5.56 Å². The maximum atomic E-state index is 12.0. The van der Waals surface area contributed by atoms with Gasteiger partial charge in [0, 0.05) is 24.4 Å². The zero-order chi connectivity index (χ0) is 18.5. The molecule has 1 heterocycles. The quantitative estimate of drug-likeness (QED) is 0.687. The molecule has 0 aliphatic carbocycles. The molecular formula is C21H22N2O3. The molecule has 0 bridgehead atoms. The number of hydrogen-bond donors (Lipinski definition) is 1. The second-order valence-corrected chi connectivity index (χ2v) is 5.97. The summed E-state index contributed by atoms with van der Waals surface area (Å²) in [5, 5.41) is 11.2. The minimum atomic E-state index is -0.0364. The Bertz CT molecular complexity index is 950. The van der Waals surface area contributed by atoms with Crippen LogP contribution in [0.15, 0.2) is 71.7 Å². The highest BCUT2D eigenvalue weighted by molar-refractivity contribution is 5.74. The third-order valence-electron chi connectivity index (χ3n) is 4.27. The Balaban J connectivity index is 2.01. The molecule has 0 atom stereocenters. The summed E-state index contributed by atoms with van der Waals surface area (Å²) in [6, 6.07) is 18.7. The van der Waals surface area contributed by atoms with Crippen molar-refractivity contribution in [2.75, 3.05) is 18.7 Å². The van der Waals surface area contributed by atoms with Gasteiger partial charge in [0.2, 0.25) is 0 Å². The van der Waals surface area contributed by atoms with Gasteiger partial charge in [0.15, 0.2) is 0 Å². The van der Waals surface area contributed by atoms with Gasteiger partial charge < -0.3 is 9.30 Å². The van der Waals surface area contributed by atoms with Crippen LogP contribution in [0.1, 0.15) is 12.5 Å². The number of pyridine rings is 1. The molecule has 0 fully saturated rings. The predicted molar refractivity (Wildman–Crippen MR) is 103 cm³/mol. The molecule has 134 valence electrons. The van der Waals surface area contributed by atoms with E-state index in [-0.39, 0.29) is 5.56 Å². The van der Waals surface area contributed by atoms with Crippen LogP contribution in [0.2, 0.25) is 0 Å². The molecule has 0 unspecified atom stereocenters. The molecule has 0 saturated carbocycles. The van der Waals surface area contributed by atoms with Gasteiger partial charge in [-0.3, -0.25) is 15.1 Å². The molecule has 0 aliphatic rings. The van der Waals surface area contributed by atoms with Crippen molar-refractivity contribution in [3.63, 3.8) is 0 Å². The highest BCUT2D eigenvalue weighted by atomic mass is 16.5. The molecular weight excluding hydrogens is 328 g/mol. The molecule has 3 rings (SSSR count). The van der Waals surface area contributed by atoms with Crippen molar-refractivity contribution >= 4 is 5.69 Å². The predicted octanol–water partition coefficient (Wildman–Crippen LogP) is 3.79. The van der Waals surface area contributed by atoms with Crippen LogP contribution in [0.25, 0.3) is 11.1 Å². The maximum absolute atomic E-state index is 12.0. The van der Waals surface area contributed by atoms with Crippen molar-refractivity contribution in [1.29, 1.82) is 0 Å². The van der Waals surface area contributed by atoms with Gasteiger partial charge in [-0.05, 0) is 48.4 Å². The fourth-order valence-electron chi connectivity index (χ4n) is 2.88. The van der Waals surface area contributed by atoms with Crippen LogP contribution in [0.5, 0.6) is 5.75 Å². The van der Waals surface area contributed by atoms with Crippen molar-refractivity contribution < 1.29 is 9.94 Å². The first-order valence-corrected chi connectivity index (χ1v) is 8.51. The van der Waals surface area contributed by atoms with E-state index < -0.39 is 0 Å². The molecule has 0 saturated heterocycles. The summed E-state index contributed by atoms with van der Waals surface area (Å²) in [5.41, 5.74) is 3.53. The van der Waals surface area contributed by atoms with Crippen molar-refractivity contribution in [2.45, 2.75) is 13.5 Å². The molecule has 3 aromatic rings. The lowest BCUT2D eigenvalue weighted by Gasteiger charge is -2.17. The SMILES string of the molecule is CCN(O)c1cccc(-c2cc(Cn3ccccc3=O)ccc2OC)c1. The van der Waals surface area contributed by atoms with Gasteiger partial charge in [-0.1, -0.05) is 24.3 Å². The summed E-state index contributed by atoms with van der Waals surface area (Å²) in [6.07, 6.45) is 1.78. The maximum Gasteiger partial charge on any atom is 0.250 e. The van der Waals surface area contributed by atoms with E-state index in [9.17, 15) is 10.0 Å². The molecule has 0 aliphatic heterocycles. The Labute approximate surface area is 152 Å². The van der Waals surface area contributed by atoms with E-state index in [0.29, 0.717) is 13.1 Å². The number of nitrogens with zero attached hydrogens (tertiary/aromatic N) is 2. The zero-order valence-electron chi connectivity index (χ0n) is 14.9. The van der Waals surface area contributed by atoms with Crippen molar-refractivity contribution in [3.05, 3.63) is 82.8 Å². The lowest BCUT2D eigenvalue weighted by Crippen LogP contribution is -2.18. The number of aromatic nitrogens is 1. The van der Waals surface area contributed by atoms with Gasteiger partial charge >= 0.3 is 0 Å². The Hall–Kier alpha value is -3.05. The third kappa shape index (κ3) is 3.78. The molecule has 0 amide bonds. The number of hydrogen-bond acceptors (Lipinski definition) is 4. The summed E-state index contributed by atoms with van der Waals surface area (Å²) < 4.78 is 7.17. The fraction of sp³-hybridized carbons (Fsp3) is 0.190. The minimum absolute atomic E-state index is 0.0364. The smallest absolute Gasteiger partial charge is 0.250 e. The standard InChI is InChI=1S/C21H22N2O3/c1-3-23(25)18-8-6-7-17(14-18)19-13-16(10-11-20(19)26-2)15-22-12-5-4-9-21(22)24/h4-14,25H,3,15H2,1-2H3. The summed E-state index contributed by atoms with van der Waals surface area (Å²) in [4.78, 5) is 12.0. The molecule has 0 spiro atoms. The number of methoxy groups -OCH3 is 1. The van der Waals surface area contributed by atoms with E-state index in [2.05, 4.69) is 0 Å². The molecule has 1 aromatic heterocycles. The number of benzene rings is 2. The van der Waals surface area contributed by atoms with Crippen LogP contribution in [-0.4, -0.2) is 23.4 Å². The summed E-state index contributed by atoms with van der Waals surface area (Å²) in [7, 11) is 1.63. The Morgan fingerprint density at radius 2 is 1.92 bits per heavy atom. The summed E-state index contributed by atoms with van der Waals surface area (Å²) in [6.45, 7) is 2.86.